The molecule has 0 spiro atoms. The topological polar surface area (TPSA) is 0 Å². The van der Waals surface area contributed by atoms with E-state index >= 15 is 0 Å². The normalized spacial score (nSPS) is 10.6. The van der Waals surface area contributed by atoms with Crippen LogP contribution in [0.4, 0.5) is 17.6 Å². The standard InChI is InChI=1S/C15H10F4/c1-3-9-4-6-10(7-5-9)11-14(18)12(16)8(2)13(17)15(11)19/h3-7H,1H2,2H3. The van der Waals surface area contributed by atoms with E-state index in [1.54, 1.807) is 18.2 Å². The zero-order valence-corrected chi connectivity index (χ0v) is 10.1. The molecule has 0 unspecified atom stereocenters. The fourth-order valence-corrected chi connectivity index (χ4v) is 1.78. The summed E-state index contributed by atoms with van der Waals surface area (Å²) in [5.74, 6) is -5.52. The summed E-state index contributed by atoms with van der Waals surface area (Å²) in [6, 6.07) is 5.87. The first-order valence-corrected chi connectivity index (χ1v) is 5.52. The molecule has 4 heteroatoms. The summed E-state index contributed by atoms with van der Waals surface area (Å²) in [6.45, 7) is 4.53. The fourth-order valence-electron chi connectivity index (χ4n) is 1.78. The van der Waals surface area contributed by atoms with Gasteiger partial charge in [-0.1, -0.05) is 36.9 Å². The van der Waals surface area contributed by atoms with Gasteiger partial charge in [-0.2, -0.15) is 0 Å². The van der Waals surface area contributed by atoms with E-state index in [4.69, 9.17) is 0 Å². The van der Waals surface area contributed by atoms with Crippen LogP contribution >= 0.6 is 0 Å². The molecule has 0 aliphatic carbocycles. The Labute approximate surface area is 108 Å². The molecule has 19 heavy (non-hydrogen) atoms. The van der Waals surface area contributed by atoms with Crippen LogP contribution in [0.1, 0.15) is 11.1 Å². The van der Waals surface area contributed by atoms with Crippen molar-refractivity contribution in [3.05, 3.63) is 65.2 Å². The number of hydrogen-bond acceptors (Lipinski definition) is 0. The van der Waals surface area contributed by atoms with Gasteiger partial charge in [0, 0.05) is 5.56 Å². The van der Waals surface area contributed by atoms with Crippen molar-refractivity contribution in [1.29, 1.82) is 0 Å². The lowest BCUT2D eigenvalue weighted by Gasteiger charge is -2.10. The summed E-state index contributed by atoms with van der Waals surface area (Å²) in [7, 11) is 0. The molecule has 0 aromatic heterocycles. The van der Waals surface area contributed by atoms with Gasteiger partial charge in [-0.25, -0.2) is 17.6 Å². The Bertz CT molecular complexity index is 613. The summed E-state index contributed by atoms with van der Waals surface area (Å²) in [6.07, 6.45) is 1.55. The average molecular weight is 266 g/mol. The Morgan fingerprint density at radius 3 is 1.74 bits per heavy atom. The predicted octanol–water partition coefficient (Wildman–Crippen LogP) is 4.86. The molecule has 0 atom stereocenters. The maximum Gasteiger partial charge on any atom is 0.170 e. The number of hydrogen-bond donors (Lipinski definition) is 0. The van der Waals surface area contributed by atoms with Crippen molar-refractivity contribution in [2.24, 2.45) is 0 Å². The minimum atomic E-state index is -1.39. The van der Waals surface area contributed by atoms with Crippen LogP contribution in [0.3, 0.4) is 0 Å². The molecule has 98 valence electrons. The van der Waals surface area contributed by atoms with Crippen LogP contribution in [0.25, 0.3) is 17.2 Å². The van der Waals surface area contributed by atoms with Crippen molar-refractivity contribution in [2.75, 3.05) is 0 Å². The van der Waals surface area contributed by atoms with Gasteiger partial charge >= 0.3 is 0 Å². The molecular formula is C15H10F4. The molecule has 0 amide bonds. The highest BCUT2D eigenvalue weighted by atomic mass is 19.2. The molecule has 0 heterocycles. The van der Waals surface area contributed by atoms with E-state index in [0.29, 0.717) is 0 Å². The molecule has 0 radical (unpaired) electrons. The summed E-state index contributed by atoms with van der Waals surface area (Å²) < 4.78 is 54.5. The van der Waals surface area contributed by atoms with Crippen molar-refractivity contribution in [1.82, 2.24) is 0 Å². The molecule has 2 rings (SSSR count). The van der Waals surface area contributed by atoms with E-state index in [2.05, 4.69) is 6.58 Å². The van der Waals surface area contributed by atoms with Gasteiger partial charge in [-0.3, -0.25) is 0 Å². The minimum Gasteiger partial charge on any atom is -0.203 e. The maximum atomic E-state index is 13.8. The lowest BCUT2D eigenvalue weighted by atomic mass is 10.0. The molecule has 2 aromatic carbocycles. The van der Waals surface area contributed by atoms with Crippen LogP contribution in [0, 0.1) is 30.2 Å². The van der Waals surface area contributed by atoms with Crippen LogP contribution in [0.15, 0.2) is 30.8 Å². The van der Waals surface area contributed by atoms with Crippen LogP contribution < -0.4 is 0 Å². The van der Waals surface area contributed by atoms with E-state index < -0.39 is 34.4 Å². The predicted molar refractivity (Wildman–Crippen MR) is 66.5 cm³/mol. The lowest BCUT2D eigenvalue weighted by Crippen LogP contribution is -2.03. The van der Waals surface area contributed by atoms with Crippen LogP contribution in [0.2, 0.25) is 0 Å². The second-order valence-electron chi connectivity index (χ2n) is 4.08. The van der Waals surface area contributed by atoms with E-state index in [0.717, 1.165) is 12.5 Å². The molecule has 0 nitrogen and oxygen atoms in total. The van der Waals surface area contributed by atoms with Gasteiger partial charge in [0.2, 0.25) is 0 Å². The molecule has 0 aliphatic heterocycles. The Hall–Kier alpha value is -2.10. The molecule has 0 bridgehead atoms. The zero-order chi connectivity index (χ0) is 14.2. The Morgan fingerprint density at radius 1 is 0.842 bits per heavy atom. The number of halogens is 4. The SMILES string of the molecule is C=Cc1ccc(-c2c(F)c(F)c(C)c(F)c2F)cc1. The summed E-state index contributed by atoms with van der Waals surface area (Å²) in [4.78, 5) is 0. The first kappa shape index (κ1) is 13.3. The molecule has 0 N–H and O–H groups in total. The lowest BCUT2D eigenvalue weighted by molar-refractivity contribution is 0.449. The summed E-state index contributed by atoms with van der Waals surface area (Å²) in [5.41, 5.74) is -0.561. The maximum absolute atomic E-state index is 13.8. The van der Waals surface area contributed by atoms with Crippen molar-refractivity contribution < 1.29 is 17.6 Å². The highest BCUT2D eigenvalue weighted by molar-refractivity contribution is 5.67. The van der Waals surface area contributed by atoms with Crippen molar-refractivity contribution in [3.63, 3.8) is 0 Å². The monoisotopic (exact) mass is 266 g/mol. The number of benzene rings is 2. The average Bonchev–Trinajstić information content (AvgIpc) is 2.44. The third kappa shape index (κ3) is 2.14. The smallest absolute Gasteiger partial charge is 0.170 e. The van der Waals surface area contributed by atoms with E-state index in [9.17, 15) is 17.6 Å². The second kappa shape index (κ2) is 4.88. The third-order valence-electron chi connectivity index (χ3n) is 2.92. The van der Waals surface area contributed by atoms with Crippen LogP contribution in [-0.2, 0) is 0 Å². The van der Waals surface area contributed by atoms with E-state index in [-0.39, 0.29) is 5.56 Å². The number of rotatable bonds is 2. The Morgan fingerprint density at radius 2 is 1.32 bits per heavy atom. The highest BCUT2D eigenvalue weighted by Gasteiger charge is 2.23. The summed E-state index contributed by atoms with van der Waals surface area (Å²) in [5, 5.41) is 0. The minimum absolute atomic E-state index is 0.0680. The molecule has 0 saturated heterocycles. The first-order chi connectivity index (χ1) is 8.97. The van der Waals surface area contributed by atoms with Gasteiger partial charge < -0.3 is 0 Å². The highest BCUT2D eigenvalue weighted by Crippen LogP contribution is 2.31. The molecule has 0 saturated carbocycles. The van der Waals surface area contributed by atoms with Gasteiger partial charge in [0.15, 0.2) is 23.3 Å². The van der Waals surface area contributed by atoms with Crippen LogP contribution in [0.5, 0.6) is 0 Å². The Kier molecular flexibility index (Phi) is 3.42. The van der Waals surface area contributed by atoms with E-state index in [1.165, 1.54) is 12.1 Å². The zero-order valence-electron chi connectivity index (χ0n) is 10.1. The largest absolute Gasteiger partial charge is 0.203 e. The second-order valence-corrected chi connectivity index (χ2v) is 4.08. The van der Waals surface area contributed by atoms with Gasteiger partial charge in [0.25, 0.3) is 0 Å². The van der Waals surface area contributed by atoms with Gasteiger partial charge in [0.1, 0.15) is 0 Å². The van der Waals surface area contributed by atoms with Gasteiger partial charge in [-0.05, 0) is 18.1 Å². The quantitative estimate of drug-likeness (QED) is 0.538. The molecular weight excluding hydrogens is 256 g/mol. The van der Waals surface area contributed by atoms with Crippen molar-refractivity contribution in [2.45, 2.75) is 6.92 Å². The van der Waals surface area contributed by atoms with Crippen molar-refractivity contribution in [3.8, 4) is 11.1 Å². The molecule has 0 fully saturated rings. The Balaban J connectivity index is 2.71. The van der Waals surface area contributed by atoms with Crippen LogP contribution in [-0.4, -0.2) is 0 Å². The third-order valence-corrected chi connectivity index (χ3v) is 2.92. The van der Waals surface area contributed by atoms with Crippen molar-refractivity contribution >= 4 is 6.08 Å². The molecule has 2 aromatic rings. The van der Waals surface area contributed by atoms with E-state index in [1.807, 2.05) is 0 Å². The molecule has 0 aliphatic rings. The summed E-state index contributed by atoms with van der Waals surface area (Å²) >= 11 is 0. The van der Waals surface area contributed by atoms with Gasteiger partial charge in [0.05, 0.1) is 5.56 Å². The fraction of sp³-hybridized carbons (Fsp3) is 0.0667. The first-order valence-electron chi connectivity index (χ1n) is 5.52. The van der Waals surface area contributed by atoms with Gasteiger partial charge in [-0.15, -0.1) is 0 Å².